The number of hydrogen-bond donors (Lipinski definition) is 0. The highest BCUT2D eigenvalue weighted by Gasteiger charge is 2.06. The van der Waals surface area contributed by atoms with Crippen molar-refractivity contribution in [3.05, 3.63) is 12.2 Å². The average Bonchev–Trinajstić information content (AvgIpc) is 1.85. The fourth-order valence-electron chi connectivity index (χ4n) is 1.27. The summed E-state index contributed by atoms with van der Waals surface area (Å²) in [5.41, 5.74) is 1.38. The lowest BCUT2D eigenvalue weighted by Gasteiger charge is -2.13. The van der Waals surface area contributed by atoms with E-state index in [1.165, 1.54) is 18.4 Å². The minimum absolute atomic E-state index is 0.641. The molecule has 0 spiro atoms. The van der Waals surface area contributed by atoms with Crippen molar-refractivity contribution in [1.82, 2.24) is 0 Å². The second kappa shape index (κ2) is 5.82. The molecule has 0 aliphatic carbocycles. The predicted molar refractivity (Wildman–Crippen MR) is 56.2 cm³/mol. The normalized spacial score (nSPS) is 16.0. The van der Waals surface area contributed by atoms with E-state index < -0.39 is 0 Å². The molecule has 0 aliphatic rings. The average molecular weight is 219 g/mol. The molecule has 2 atom stereocenters. The van der Waals surface area contributed by atoms with Crippen LogP contribution in [0.4, 0.5) is 0 Å². The Morgan fingerprint density at radius 1 is 1.45 bits per heavy atom. The van der Waals surface area contributed by atoms with Crippen LogP contribution < -0.4 is 0 Å². The molecular weight excluding hydrogens is 200 g/mol. The zero-order valence-corrected chi connectivity index (χ0v) is 9.45. The van der Waals surface area contributed by atoms with Crippen molar-refractivity contribution in [2.24, 2.45) is 5.92 Å². The maximum absolute atomic E-state index is 4.01. The Labute approximate surface area is 79.2 Å². The van der Waals surface area contributed by atoms with Gasteiger partial charge in [-0.15, -0.1) is 0 Å². The predicted octanol–water partition coefficient (Wildman–Crippen LogP) is 4.15. The summed E-state index contributed by atoms with van der Waals surface area (Å²) in [7, 11) is 0. The fraction of sp³-hybridized carbons (Fsp3) is 0.800. The Kier molecular flexibility index (Phi) is 5.93. The summed E-state index contributed by atoms with van der Waals surface area (Å²) in [5, 5.41) is 0. The van der Waals surface area contributed by atoms with Crippen LogP contribution in [0.25, 0.3) is 0 Å². The van der Waals surface area contributed by atoms with Gasteiger partial charge in [0, 0.05) is 4.83 Å². The second-order valence-electron chi connectivity index (χ2n) is 3.43. The number of allylic oxidation sites excluding steroid dienone is 1. The number of hydrogen-bond acceptors (Lipinski definition) is 0. The maximum Gasteiger partial charge on any atom is 0.0120 e. The van der Waals surface area contributed by atoms with E-state index in [1.54, 1.807) is 0 Å². The molecule has 0 amide bonds. The van der Waals surface area contributed by atoms with Crippen molar-refractivity contribution in [1.29, 1.82) is 0 Å². The highest BCUT2D eigenvalue weighted by atomic mass is 79.9. The molecule has 1 heteroatoms. The van der Waals surface area contributed by atoms with Crippen LogP contribution in [-0.2, 0) is 0 Å². The smallest absolute Gasteiger partial charge is 0.0120 e. The van der Waals surface area contributed by atoms with E-state index in [4.69, 9.17) is 0 Å². The van der Waals surface area contributed by atoms with E-state index in [0.29, 0.717) is 4.83 Å². The zero-order chi connectivity index (χ0) is 8.85. The Morgan fingerprint density at radius 3 is 2.36 bits per heavy atom. The molecule has 0 N–H and O–H groups in total. The van der Waals surface area contributed by atoms with E-state index in [-0.39, 0.29) is 0 Å². The van der Waals surface area contributed by atoms with Gasteiger partial charge in [0.05, 0.1) is 0 Å². The van der Waals surface area contributed by atoms with Crippen LogP contribution in [-0.4, -0.2) is 4.83 Å². The molecule has 0 aliphatic heterocycles. The maximum atomic E-state index is 4.01. The van der Waals surface area contributed by atoms with Gasteiger partial charge in [-0.1, -0.05) is 48.9 Å². The van der Waals surface area contributed by atoms with Crippen LogP contribution in [0.1, 0.15) is 40.0 Å². The number of rotatable bonds is 5. The lowest BCUT2D eigenvalue weighted by Crippen LogP contribution is -2.02. The number of alkyl halides is 1. The monoisotopic (exact) mass is 218 g/mol. The van der Waals surface area contributed by atoms with Gasteiger partial charge < -0.3 is 0 Å². The molecule has 0 radical (unpaired) electrons. The molecule has 0 heterocycles. The van der Waals surface area contributed by atoms with E-state index in [1.807, 2.05) is 0 Å². The third-order valence-corrected chi connectivity index (χ3v) is 2.24. The minimum atomic E-state index is 0.641. The third-order valence-electron chi connectivity index (χ3n) is 1.86. The van der Waals surface area contributed by atoms with Gasteiger partial charge in [-0.05, 0) is 25.2 Å². The van der Waals surface area contributed by atoms with Crippen LogP contribution >= 0.6 is 15.9 Å². The van der Waals surface area contributed by atoms with Crippen LogP contribution in [0, 0.1) is 5.92 Å². The van der Waals surface area contributed by atoms with Gasteiger partial charge in [0.2, 0.25) is 0 Å². The lowest BCUT2D eigenvalue weighted by molar-refractivity contribution is 0.525. The molecule has 0 aromatic carbocycles. The summed E-state index contributed by atoms with van der Waals surface area (Å²) in [6.07, 6.45) is 3.56. The van der Waals surface area contributed by atoms with Crippen molar-refractivity contribution in [3.8, 4) is 0 Å². The van der Waals surface area contributed by atoms with Gasteiger partial charge in [-0.3, -0.25) is 0 Å². The summed E-state index contributed by atoms with van der Waals surface area (Å²) < 4.78 is 0. The first-order valence-corrected chi connectivity index (χ1v) is 5.28. The minimum Gasteiger partial charge on any atom is -0.0999 e. The van der Waals surface area contributed by atoms with Crippen LogP contribution in [0.15, 0.2) is 12.2 Å². The summed E-state index contributed by atoms with van der Waals surface area (Å²) in [5.74, 6) is 0.775. The van der Waals surface area contributed by atoms with Crippen molar-refractivity contribution >= 4 is 15.9 Å². The summed E-state index contributed by atoms with van der Waals surface area (Å²) in [4.78, 5) is 0.641. The molecule has 0 rings (SSSR count). The molecule has 11 heavy (non-hydrogen) atoms. The van der Waals surface area contributed by atoms with Crippen molar-refractivity contribution in [2.75, 3.05) is 0 Å². The summed E-state index contributed by atoms with van der Waals surface area (Å²) in [6.45, 7) is 10.7. The van der Waals surface area contributed by atoms with Crippen LogP contribution in [0.3, 0.4) is 0 Å². The first kappa shape index (κ1) is 11.2. The van der Waals surface area contributed by atoms with Gasteiger partial charge in [-0.25, -0.2) is 0 Å². The first-order chi connectivity index (χ1) is 5.06. The molecule has 0 saturated carbocycles. The van der Waals surface area contributed by atoms with Crippen LogP contribution in [0.5, 0.6) is 0 Å². The molecular formula is C10H19Br. The summed E-state index contributed by atoms with van der Waals surface area (Å²) >= 11 is 3.56. The van der Waals surface area contributed by atoms with E-state index in [9.17, 15) is 0 Å². The van der Waals surface area contributed by atoms with Crippen molar-refractivity contribution in [3.63, 3.8) is 0 Å². The Morgan fingerprint density at radius 2 is 2.00 bits per heavy atom. The quantitative estimate of drug-likeness (QED) is 0.481. The molecule has 2 unspecified atom stereocenters. The molecule has 0 fully saturated rings. The SMILES string of the molecule is C=C(CC)CC(C)CC(C)Br. The van der Waals surface area contributed by atoms with Crippen molar-refractivity contribution in [2.45, 2.75) is 44.9 Å². The summed E-state index contributed by atoms with van der Waals surface area (Å²) in [6, 6.07) is 0. The fourth-order valence-corrected chi connectivity index (χ4v) is 1.91. The highest BCUT2D eigenvalue weighted by Crippen LogP contribution is 2.19. The second-order valence-corrected chi connectivity index (χ2v) is 4.99. The topological polar surface area (TPSA) is 0 Å². The third kappa shape index (κ3) is 6.61. The van der Waals surface area contributed by atoms with Gasteiger partial charge >= 0.3 is 0 Å². The lowest BCUT2D eigenvalue weighted by atomic mass is 9.97. The highest BCUT2D eigenvalue weighted by molar-refractivity contribution is 9.09. The molecule has 0 bridgehead atoms. The molecule has 0 aromatic rings. The molecule has 66 valence electrons. The van der Waals surface area contributed by atoms with Gasteiger partial charge in [-0.2, -0.15) is 0 Å². The van der Waals surface area contributed by atoms with Gasteiger partial charge in [0.15, 0.2) is 0 Å². The Bertz CT molecular complexity index is 116. The largest absolute Gasteiger partial charge is 0.0999 e. The van der Waals surface area contributed by atoms with Gasteiger partial charge in [0.25, 0.3) is 0 Å². The van der Waals surface area contributed by atoms with E-state index >= 15 is 0 Å². The van der Waals surface area contributed by atoms with Crippen molar-refractivity contribution < 1.29 is 0 Å². The van der Waals surface area contributed by atoms with Gasteiger partial charge in [0.1, 0.15) is 0 Å². The number of halogens is 1. The molecule has 0 aromatic heterocycles. The Hall–Kier alpha value is 0.220. The zero-order valence-electron chi connectivity index (χ0n) is 7.86. The van der Waals surface area contributed by atoms with Crippen LogP contribution in [0.2, 0.25) is 0 Å². The standard InChI is InChI=1S/C10H19Br/c1-5-8(2)6-9(3)7-10(4)11/h9-10H,2,5-7H2,1,3-4H3. The first-order valence-electron chi connectivity index (χ1n) is 4.37. The molecule has 0 saturated heterocycles. The Balaban J connectivity index is 3.51. The molecule has 0 nitrogen and oxygen atoms in total. The van der Waals surface area contributed by atoms with E-state index in [0.717, 1.165) is 12.3 Å². The van der Waals surface area contributed by atoms with E-state index in [2.05, 4.69) is 43.3 Å².